The highest BCUT2D eigenvalue weighted by atomic mass is 16.7. The number of carbonyl (C=O) groups excluding carboxylic acids is 3. The van der Waals surface area contributed by atoms with Crippen LogP contribution in [-0.4, -0.2) is 44.7 Å². The van der Waals surface area contributed by atoms with Crippen molar-refractivity contribution in [3.8, 4) is 11.8 Å². The normalized spacial score (nSPS) is 37.3. The number of methoxy groups -OCH3 is 2. The zero-order valence-electron chi connectivity index (χ0n) is 20.6. The van der Waals surface area contributed by atoms with Gasteiger partial charge in [-0.15, -0.1) is 0 Å². The highest BCUT2D eigenvalue weighted by Crippen LogP contribution is 2.65. The van der Waals surface area contributed by atoms with Crippen LogP contribution >= 0.6 is 0 Å². The molecule has 0 aliphatic heterocycles. The average Bonchev–Trinajstić information content (AvgIpc) is 3.26. The first kappa shape index (κ1) is 24.7. The maximum Gasteiger partial charge on any atom is 0.309 e. The number of fused-ring (bicyclic) bond motifs is 3. The third-order valence-corrected chi connectivity index (χ3v) is 8.70. The van der Waals surface area contributed by atoms with Crippen LogP contribution in [0.3, 0.4) is 0 Å². The lowest BCUT2D eigenvalue weighted by atomic mass is 9.41. The summed E-state index contributed by atoms with van der Waals surface area (Å²) in [6.45, 7) is 5.78. The van der Waals surface area contributed by atoms with Crippen molar-refractivity contribution < 1.29 is 33.0 Å². The van der Waals surface area contributed by atoms with Crippen LogP contribution < -0.4 is 0 Å². The zero-order valence-corrected chi connectivity index (χ0v) is 20.6. The van der Waals surface area contributed by atoms with Crippen LogP contribution in [0.2, 0.25) is 0 Å². The monoisotopic (exact) mass is 470 g/mol. The van der Waals surface area contributed by atoms with Gasteiger partial charge in [-0.05, 0) is 61.3 Å². The van der Waals surface area contributed by atoms with E-state index in [0.717, 1.165) is 5.56 Å². The third kappa shape index (κ3) is 3.81. The van der Waals surface area contributed by atoms with Crippen molar-refractivity contribution in [2.45, 2.75) is 64.9 Å². The van der Waals surface area contributed by atoms with Crippen molar-refractivity contribution in [3.63, 3.8) is 0 Å². The Bertz CT molecular complexity index is 1030. The van der Waals surface area contributed by atoms with E-state index in [-0.39, 0.29) is 42.6 Å². The van der Waals surface area contributed by atoms with Crippen LogP contribution in [0.25, 0.3) is 0 Å². The molecule has 0 spiro atoms. The molecule has 0 aromatic carbocycles. The first-order chi connectivity index (χ1) is 16.2. The van der Waals surface area contributed by atoms with Crippen molar-refractivity contribution in [2.24, 2.45) is 28.6 Å². The molecule has 0 radical (unpaired) electrons. The maximum atomic E-state index is 14.0. The molecule has 3 aliphatic carbocycles. The molecule has 1 aromatic heterocycles. The molecular weight excluding hydrogens is 436 g/mol. The van der Waals surface area contributed by atoms with E-state index < -0.39 is 28.8 Å². The number of ketones is 2. The van der Waals surface area contributed by atoms with Gasteiger partial charge in [-0.1, -0.05) is 19.8 Å². The molecule has 7 nitrogen and oxygen atoms in total. The number of ether oxygens (including phenoxy) is 3. The molecule has 34 heavy (non-hydrogen) atoms. The number of hydrogen-bond acceptors (Lipinski definition) is 7. The Morgan fingerprint density at radius 2 is 2.00 bits per heavy atom. The fraction of sp³-hybridized carbons (Fsp3) is 0.667. The summed E-state index contributed by atoms with van der Waals surface area (Å²) in [5.74, 6) is 4.89. The molecule has 3 saturated carbocycles. The van der Waals surface area contributed by atoms with E-state index in [4.69, 9.17) is 18.6 Å². The summed E-state index contributed by atoms with van der Waals surface area (Å²) in [5.41, 5.74) is -0.332. The van der Waals surface area contributed by atoms with E-state index >= 15 is 0 Å². The summed E-state index contributed by atoms with van der Waals surface area (Å²) in [4.78, 5) is 40.4. The Kier molecular flexibility index (Phi) is 6.76. The van der Waals surface area contributed by atoms with Crippen molar-refractivity contribution >= 4 is 17.5 Å². The first-order valence-corrected chi connectivity index (χ1v) is 12.0. The van der Waals surface area contributed by atoms with E-state index in [2.05, 4.69) is 18.8 Å². The molecule has 0 saturated heterocycles. The molecule has 4 rings (SSSR count). The molecule has 0 amide bonds. The number of hydrogen-bond donors (Lipinski definition) is 0. The number of carbonyl (C=O) groups is 3. The molecular formula is C27H34O7. The molecule has 0 bridgehead atoms. The lowest BCUT2D eigenvalue weighted by molar-refractivity contribution is -0.196. The summed E-state index contributed by atoms with van der Waals surface area (Å²) in [5, 5.41) is 0. The number of Topliss-reactive ketones (excluding diaryl/α,β-unsaturated/α-hetero) is 2. The van der Waals surface area contributed by atoms with Crippen LogP contribution in [0.1, 0.15) is 70.1 Å². The second-order valence-electron chi connectivity index (χ2n) is 10.5. The van der Waals surface area contributed by atoms with Crippen molar-refractivity contribution in [3.05, 3.63) is 23.7 Å². The van der Waals surface area contributed by atoms with Gasteiger partial charge in [-0.25, -0.2) is 0 Å². The Balaban J connectivity index is 1.78. The fourth-order valence-electron chi connectivity index (χ4n) is 7.36. The smallest absolute Gasteiger partial charge is 0.309 e. The van der Waals surface area contributed by atoms with E-state index in [0.29, 0.717) is 31.4 Å². The van der Waals surface area contributed by atoms with Crippen molar-refractivity contribution in [1.82, 2.24) is 0 Å². The third-order valence-electron chi connectivity index (χ3n) is 8.70. The van der Waals surface area contributed by atoms with Crippen LogP contribution in [0, 0.1) is 40.4 Å². The molecule has 3 fully saturated rings. The molecule has 0 unspecified atom stereocenters. The van der Waals surface area contributed by atoms with E-state index in [9.17, 15) is 14.4 Å². The number of furan rings is 1. The molecule has 1 aromatic rings. The van der Waals surface area contributed by atoms with Gasteiger partial charge in [0, 0.05) is 30.9 Å². The van der Waals surface area contributed by atoms with Gasteiger partial charge in [0.15, 0.2) is 11.5 Å². The minimum Gasteiger partial charge on any atom is -0.469 e. The lowest BCUT2D eigenvalue weighted by Gasteiger charge is -2.61. The topological polar surface area (TPSA) is 92.0 Å². The molecule has 1 heterocycles. The minimum absolute atomic E-state index is 0.0382. The second-order valence-corrected chi connectivity index (χ2v) is 10.5. The van der Waals surface area contributed by atoms with E-state index in [1.165, 1.54) is 14.2 Å². The van der Waals surface area contributed by atoms with Crippen LogP contribution in [0.15, 0.2) is 16.7 Å². The predicted molar refractivity (Wildman–Crippen MR) is 123 cm³/mol. The quantitative estimate of drug-likeness (QED) is 0.366. The van der Waals surface area contributed by atoms with Crippen LogP contribution in [0.5, 0.6) is 0 Å². The van der Waals surface area contributed by atoms with Gasteiger partial charge in [0.1, 0.15) is 18.7 Å². The Hall–Kier alpha value is -2.43. The summed E-state index contributed by atoms with van der Waals surface area (Å²) >= 11 is 0. The van der Waals surface area contributed by atoms with Crippen LogP contribution in [-0.2, 0) is 28.6 Å². The minimum atomic E-state index is -0.774. The molecule has 7 atom stereocenters. The Morgan fingerprint density at radius 3 is 2.68 bits per heavy atom. The van der Waals surface area contributed by atoms with Gasteiger partial charge in [-0.3, -0.25) is 14.4 Å². The predicted octanol–water partition coefficient (Wildman–Crippen LogP) is 3.89. The van der Waals surface area contributed by atoms with Gasteiger partial charge >= 0.3 is 5.97 Å². The summed E-state index contributed by atoms with van der Waals surface area (Å²) in [6.07, 6.45) is 3.41. The Morgan fingerprint density at radius 1 is 1.24 bits per heavy atom. The summed E-state index contributed by atoms with van der Waals surface area (Å²) in [7, 11) is 2.88. The fourth-order valence-corrected chi connectivity index (χ4v) is 7.36. The first-order valence-electron chi connectivity index (χ1n) is 12.0. The molecule has 184 valence electrons. The number of esters is 1. The number of rotatable bonds is 5. The van der Waals surface area contributed by atoms with Crippen molar-refractivity contribution in [2.75, 3.05) is 21.0 Å². The second kappa shape index (κ2) is 9.31. The molecule has 0 N–H and O–H groups in total. The standard InChI is InChI=1S/C27H34O7/c1-6-7-21-17(9-11-33-21)16-12-20(28)18-8-10-26(2)19(25(30)32-5)13-22(34-15-31-4)23(29)24(26)27(18,3)14-16/h9,11,16,18-19,22,24H,8,10,12-15H2,1-5H3/t16-,18-,19-,22-,24-,26-,27-/m0/s1. The zero-order chi connectivity index (χ0) is 24.7. The van der Waals surface area contributed by atoms with Crippen LogP contribution in [0.4, 0.5) is 0 Å². The lowest BCUT2D eigenvalue weighted by Crippen LogP contribution is -2.64. The highest BCUT2D eigenvalue weighted by Gasteiger charge is 2.66. The highest BCUT2D eigenvalue weighted by molar-refractivity contribution is 5.93. The maximum absolute atomic E-state index is 14.0. The summed E-state index contributed by atoms with van der Waals surface area (Å²) < 4.78 is 21.6. The van der Waals surface area contributed by atoms with Gasteiger partial charge < -0.3 is 18.6 Å². The molecule has 3 aliphatic rings. The van der Waals surface area contributed by atoms with Gasteiger partial charge in [0.2, 0.25) is 0 Å². The Labute approximate surface area is 200 Å². The van der Waals surface area contributed by atoms with Crippen molar-refractivity contribution in [1.29, 1.82) is 0 Å². The molecule has 7 heteroatoms. The van der Waals surface area contributed by atoms with Gasteiger partial charge in [-0.2, -0.15) is 0 Å². The summed E-state index contributed by atoms with van der Waals surface area (Å²) in [6, 6.07) is 1.88. The SMILES string of the molecule is CC#Cc1occc1[C@H]1CC(=O)[C@@H]2CC[C@]3(C)[C@H](C(=O)[C@@H](OCOC)C[C@H]3C(=O)OC)[C@@]2(C)C1. The average molecular weight is 471 g/mol. The van der Waals surface area contributed by atoms with Gasteiger partial charge in [0.05, 0.1) is 19.3 Å². The van der Waals surface area contributed by atoms with Gasteiger partial charge in [0.25, 0.3) is 0 Å². The van der Waals surface area contributed by atoms with E-state index in [1.807, 2.05) is 13.0 Å². The largest absolute Gasteiger partial charge is 0.469 e. The van der Waals surface area contributed by atoms with E-state index in [1.54, 1.807) is 13.2 Å².